The zero-order chi connectivity index (χ0) is 42.5. The molecule has 0 saturated heterocycles. The van der Waals surface area contributed by atoms with Gasteiger partial charge in [-0.2, -0.15) is 8.42 Å². The maximum atomic E-state index is 14.0. The lowest BCUT2D eigenvalue weighted by atomic mass is 9.97. The van der Waals surface area contributed by atoms with Crippen molar-refractivity contribution in [2.24, 2.45) is 11.7 Å². The van der Waals surface area contributed by atoms with Crippen molar-refractivity contribution in [3.05, 3.63) is 111 Å². The maximum Gasteiger partial charge on any atom is 0.330 e. The number of nitrogens with one attached hydrogen (secondary N) is 3. The van der Waals surface area contributed by atoms with Crippen LogP contribution in [0.3, 0.4) is 0 Å². The number of carbonyl (C=O) groups is 4. The standard InChI is InChI=1S/C41H39N7O11S/c1-58-26-17-23(4-9-37(49)59-15-12-22-2-5-25(6-3-22)48(53)54)16-24(18-26)43-39(50)32-20-30-28-10-13-46(35(28)21-36(38(30)45-32)60(55,56)57)40(51)33-19-29-27-11-14-47(41(42)52)34(27)8-7-31(29)44-33/h2,4-9,16-19,21-22,32,44-45H,3,10-15,20H2,1H3,(H2,42,52)(H,43,50)(H,55,56,57). The summed E-state index contributed by atoms with van der Waals surface area (Å²) in [5, 5.41) is 17.5. The molecule has 6 N–H and O–H groups in total. The number of hydrogen-bond donors (Lipinski definition) is 5. The third-order valence-corrected chi connectivity index (χ3v) is 12.0. The van der Waals surface area contributed by atoms with Gasteiger partial charge in [0.25, 0.3) is 21.7 Å². The molecule has 310 valence electrons. The summed E-state index contributed by atoms with van der Waals surface area (Å²) in [7, 11) is -3.39. The molecule has 4 aromatic rings. The normalized spacial score (nSPS) is 17.9. The van der Waals surface area contributed by atoms with Crippen LogP contribution in [0, 0.1) is 16.0 Å². The van der Waals surface area contributed by atoms with Crippen molar-refractivity contribution in [1.29, 1.82) is 0 Å². The Morgan fingerprint density at radius 1 is 1.05 bits per heavy atom. The Morgan fingerprint density at radius 3 is 2.55 bits per heavy atom. The van der Waals surface area contributed by atoms with E-state index in [-0.39, 0.29) is 42.6 Å². The van der Waals surface area contributed by atoms with E-state index in [2.05, 4.69) is 15.6 Å². The van der Waals surface area contributed by atoms with E-state index in [1.165, 1.54) is 47.3 Å². The number of allylic oxidation sites excluding steroid dienone is 3. The van der Waals surface area contributed by atoms with Crippen LogP contribution < -0.4 is 30.9 Å². The van der Waals surface area contributed by atoms with Crippen LogP contribution in [-0.4, -0.2) is 79.5 Å². The minimum absolute atomic E-state index is 0.00865. The molecule has 2 atom stereocenters. The molecular weight excluding hydrogens is 799 g/mol. The van der Waals surface area contributed by atoms with Gasteiger partial charge in [-0.15, -0.1) is 0 Å². The van der Waals surface area contributed by atoms with Gasteiger partial charge in [-0.05, 0) is 102 Å². The zero-order valence-corrected chi connectivity index (χ0v) is 32.9. The summed E-state index contributed by atoms with van der Waals surface area (Å²) in [6.45, 7) is 0.743. The highest BCUT2D eigenvalue weighted by Gasteiger charge is 2.39. The molecule has 1 aliphatic carbocycles. The third-order valence-electron chi connectivity index (χ3n) is 11.2. The highest BCUT2D eigenvalue weighted by Crippen LogP contribution is 2.44. The summed E-state index contributed by atoms with van der Waals surface area (Å²) in [4.78, 5) is 68.2. The van der Waals surface area contributed by atoms with Gasteiger partial charge in [0.1, 0.15) is 22.4 Å². The van der Waals surface area contributed by atoms with Gasteiger partial charge >= 0.3 is 12.0 Å². The van der Waals surface area contributed by atoms with E-state index in [4.69, 9.17) is 15.2 Å². The van der Waals surface area contributed by atoms with E-state index < -0.39 is 49.8 Å². The van der Waals surface area contributed by atoms with Crippen molar-refractivity contribution in [2.75, 3.05) is 47.2 Å². The average Bonchev–Trinajstić information content (AvgIpc) is 4.03. The van der Waals surface area contributed by atoms with Gasteiger partial charge in [-0.1, -0.05) is 6.08 Å². The average molecular weight is 838 g/mol. The summed E-state index contributed by atoms with van der Waals surface area (Å²) >= 11 is 0. The van der Waals surface area contributed by atoms with E-state index in [1.54, 1.807) is 42.5 Å². The SMILES string of the molecule is COc1cc(C=CC(=O)OCCC2C=CC([N+](=O)[O-])=CC2)cc(NC(=O)C2Cc3c4c(cc(S(=O)(=O)O)c3N2)N(C(=O)c2cc3c5c(ccc3[nH]2)N(C(N)=O)CC5)CC4)c1. The number of esters is 1. The van der Waals surface area contributed by atoms with E-state index in [1.807, 2.05) is 0 Å². The predicted octanol–water partition coefficient (Wildman–Crippen LogP) is 4.73. The molecule has 19 heteroatoms. The van der Waals surface area contributed by atoms with E-state index in [9.17, 15) is 42.3 Å². The minimum Gasteiger partial charge on any atom is -0.497 e. The second-order valence-electron chi connectivity index (χ2n) is 14.8. The van der Waals surface area contributed by atoms with Crippen molar-refractivity contribution in [2.45, 2.75) is 43.0 Å². The molecule has 0 bridgehead atoms. The van der Waals surface area contributed by atoms with Crippen LogP contribution in [0.5, 0.6) is 5.75 Å². The molecule has 2 unspecified atom stereocenters. The van der Waals surface area contributed by atoms with Crippen LogP contribution in [0.25, 0.3) is 17.0 Å². The number of fused-ring (bicyclic) bond motifs is 6. The fraction of sp³-hybridized carbons (Fsp3) is 0.268. The lowest BCUT2D eigenvalue weighted by Gasteiger charge is -2.19. The zero-order valence-electron chi connectivity index (χ0n) is 32.1. The highest BCUT2D eigenvalue weighted by molar-refractivity contribution is 7.86. The Hall–Kier alpha value is -6.99. The molecule has 8 rings (SSSR count). The monoisotopic (exact) mass is 837 g/mol. The number of benzene rings is 3. The largest absolute Gasteiger partial charge is 0.497 e. The van der Waals surface area contributed by atoms with Crippen molar-refractivity contribution >= 4 is 73.7 Å². The van der Waals surface area contributed by atoms with Crippen LogP contribution in [0.4, 0.5) is 27.5 Å². The number of H-pyrrole nitrogens is 1. The van der Waals surface area contributed by atoms with Gasteiger partial charge in [0.15, 0.2) is 0 Å². The molecule has 3 aromatic carbocycles. The number of rotatable bonds is 11. The number of primary amides is 1. The van der Waals surface area contributed by atoms with E-state index in [0.29, 0.717) is 77.2 Å². The minimum atomic E-state index is -4.83. The topological polar surface area (TPSA) is 257 Å². The van der Waals surface area contributed by atoms with Gasteiger partial charge < -0.3 is 35.7 Å². The molecule has 4 amide bonds. The molecule has 0 saturated carbocycles. The molecule has 1 aromatic heterocycles. The number of aromatic nitrogens is 1. The Balaban J connectivity index is 0.960. The second kappa shape index (κ2) is 15.6. The number of anilines is 4. The fourth-order valence-electron chi connectivity index (χ4n) is 8.25. The maximum absolute atomic E-state index is 14.0. The number of amides is 4. The number of nitrogens with two attached hydrogens (primary N) is 1. The molecular formula is C41H39N7O11S. The smallest absolute Gasteiger partial charge is 0.330 e. The number of methoxy groups -OCH3 is 1. The Bertz CT molecular complexity index is 2720. The van der Waals surface area contributed by atoms with Gasteiger partial charge in [-0.25, -0.2) is 9.59 Å². The number of ether oxygens (including phenoxy) is 2. The summed E-state index contributed by atoms with van der Waals surface area (Å²) in [6.07, 6.45) is 9.36. The van der Waals surface area contributed by atoms with Gasteiger partial charge in [-0.3, -0.25) is 29.2 Å². The van der Waals surface area contributed by atoms with Crippen molar-refractivity contribution in [3.63, 3.8) is 0 Å². The predicted molar refractivity (Wildman–Crippen MR) is 220 cm³/mol. The number of carbonyl (C=O) groups excluding carboxylic acids is 4. The summed E-state index contributed by atoms with van der Waals surface area (Å²) in [5.74, 6) is -1.17. The molecule has 0 spiro atoms. The molecule has 0 fully saturated rings. The number of nitro groups is 1. The number of nitrogens with zero attached hydrogens (tertiary/aromatic N) is 3. The highest BCUT2D eigenvalue weighted by atomic mass is 32.2. The fourth-order valence-corrected chi connectivity index (χ4v) is 8.95. The number of hydrogen-bond acceptors (Lipinski definition) is 11. The van der Waals surface area contributed by atoms with Crippen molar-refractivity contribution < 1.29 is 46.5 Å². The van der Waals surface area contributed by atoms with Crippen LogP contribution in [0.1, 0.15) is 45.6 Å². The Labute approximate surface area is 342 Å². The van der Waals surface area contributed by atoms with Crippen LogP contribution in [0.2, 0.25) is 0 Å². The first-order valence-corrected chi connectivity index (χ1v) is 20.5. The second-order valence-corrected chi connectivity index (χ2v) is 16.2. The Morgan fingerprint density at radius 2 is 1.83 bits per heavy atom. The Kier molecular flexibility index (Phi) is 10.4. The van der Waals surface area contributed by atoms with Gasteiger partial charge in [0, 0.05) is 65.7 Å². The summed E-state index contributed by atoms with van der Waals surface area (Å²) in [5.41, 5.74) is 10.4. The van der Waals surface area contributed by atoms with Crippen molar-refractivity contribution in [1.82, 2.24) is 4.98 Å². The quantitative estimate of drug-likeness (QED) is 0.0452. The molecule has 3 aliphatic heterocycles. The van der Waals surface area contributed by atoms with Crippen LogP contribution in [0.15, 0.2) is 77.4 Å². The molecule has 4 aliphatic rings. The molecule has 60 heavy (non-hydrogen) atoms. The summed E-state index contributed by atoms with van der Waals surface area (Å²) < 4.78 is 46.6. The number of aromatic amines is 1. The van der Waals surface area contributed by atoms with E-state index in [0.717, 1.165) is 10.9 Å². The first kappa shape index (κ1) is 39.8. The molecule has 18 nitrogen and oxygen atoms in total. The first-order chi connectivity index (χ1) is 28.7. The lowest BCUT2D eigenvalue weighted by Crippen LogP contribution is -2.33. The summed E-state index contributed by atoms with van der Waals surface area (Å²) in [6, 6.07) is 9.78. The molecule has 0 radical (unpaired) electrons. The van der Waals surface area contributed by atoms with Crippen LogP contribution >= 0.6 is 0 Å². The van der Waals surface area contributed by atoms with E-state index >= 15 is 0 Å². The lowest BCUT2D eigenvalue weighted by molar-refractivity contribution is -0.419. The first-order valence-electron chi connectivity index (χ1n) is 19.0. The third kappa shape index (κ3) is 7.67. The van der Waals surface area contributed by atoms with Gasteiger partial charge in [0.05, 0.1) is 24.3 Å². The molecule has 4 heterocycles. The van der Waals surface area contributed by atoms with Gasteiger partial charge in [0.2, 0.25) is 5.91 Å². The van der Waals surface area contributed by atoms with Crippen LogP contribution in [-0.2, 0) is 43.7 Å². The van der Waals surface area contributed by atoms with Crippen molar-refractivity contribution in [3.8, 4) is 5.75 Å². The number of urea groups is 1.